The number of hydrogen-bond acceptors (Lipinski definition) is 5. The number of amides is 2. The number of methoxy groups -OCH3 is 1. The number of ketones is 1. The summed E-state index contributed by atoms with van der Waals surface area (Å²) >= 11 is 0. The van der Waals surface area contributed by atoms with Gasteiger partial charge in [0.25, 0.3) is 11.5 Å². The van der Waals surface area contributed by atoms with E-state index in [0.29, 0.717) is 42.5 Å². The number of Topliss-reactive ketones (excluding diaryl/α,β-unsaturated/α-hetero) is 1. The average Bonchev–Trinajstić information content (AvgIpc) is 3.66. The smallest absolute Gasteiger partial charge is 0.272 e. The number of carbonyl (C=O) groups excluding carboxylic acids is 3. The van der Waals surface area contributed by atoms with Gasteiger partial charge in [-0.1, -0.05) is 61.4 Å². The standard InChI is InChI=1S/C33H36N4O5/c1-35-28-24-14-8-9-15-25(24)37(20-26(38)21-10-4-3-5-11-21)33(41)27(28)30(42-2)29(35)31(39)34-23-16-18-36(19-17-23)32(40)22-12-6-7-13-22/h3-5,8-11,14-15,22-23H,6-7,12-13,16-20H2,1-2H3,(H,34,39). The minimum absolute atomic E-state index is 0.0928. The van der Waals surface area contributed by atoms with E-state index in [9.17, 15) is 19.2 Å². The van der Waals surface area contributed by atoms with Gasteiger partial charge in [0, 0.05) is 43.0 Å². The molecule has 6 rings (SSSR count). The maximum absolute atomic E-state index is 14.0. The summed E-state index contributed by atoms with van der Waals surface area (Å²) in [6.07, 6.45) is 5.56. The first kappa shape index (κ1) is 27.8. The number of benzene rings is 2. The number of rotatable bonds is 7. The highest BCUT2D eigenvalue weighted by molar-refractivity contribution is 6.12. The number of likely N-dealkylation sites (tertiary alicyclic amines) is 1. The summed E-state index contributed by atoms with van der Waals surface area (Å²) in [6.45, 7) is 1.10. The Labute approximate surface area is 244 Å². The van der Waals surface area contributed by atoms with E-state index in [0.717, 1.165) is 31.1 Å². The van der Waals surface area contributed by atoms with Crippen LogP contribution < -0.4 is 15.6 Å². The van der Waals surface area contributed by atoms with Gasteiger partial charge in [-0.15, -0.1) is 0 Å². The van der Waals surface area contributed by atoms with Gasteiger partial charge in [-0.2, -0.15) is 0 Å². The van der Waals surface area contributed by atoms with Crippen molar-refractivity contribution in [1.29, 1.82) is 0 Å². The summed E-state index contributed by atoms with van der Waals surface area (Å²) in [6, 6.07) is 16.2. The predicted molar refractivity (Wildman–Crippen MR) is 161 cm³/mol. The van der Waals surface area contributed by atoms with Crippen molar-refractivity contribution in [2.24, 2.45) is 13.0 Å². The number of nitrogens with zero attached hydrogens (tertiary/aromatic N) is 3. The van der Waals surface area contributed by atoms with Crippen LogP contribution in [0.25, 0.3) is 21.8 Å². The summed E-state index contributed by atoms with van der Waals surface area (Å²) in [7, 11) is 3.21. The number of pyridine rings is 1. The van der Waals surface area contributed by atoms with E-state index in [1.54, 1.807) is 35.9 Å². The molecule has 3 heterocycles. The maximum Gasteiger partial charge on any atom is 0.272 e. The molecule has 0 radical (unpaired) electrons. The number of piperidine rings is 1. The van der Waals surface area contributed by atoms with Crippen molar-refractivity contribution >= 4 is 39.4 Å². The fourth-order valence-corrected chi connectivity index (χ4v) is 6.72. The van der Waals surface area contributed by atoms with Crippen molar-refractivity contribution in [3.05, 3.63) is 76.2 Å². The van der Waals surface area contributed by atoms with Gasteiger partial charge in [-0.3, -0.25) is 23.7 Å². The largest absolute Gasteiger partial charge is 0.493 e. The normalized spacial score (nSPS) is 16.3. The zero-order valence-corrected chi connectivity index (χ0v) is 24.1. The molecule has 1 saturated heterocycles. The lowest BCUT2D eigenvalue weighted by Gasteiger charge is -2.34. The molecule has 42 heavy (non-hydrogen) atoms. The number of fused-ring (bicyclic) bond motifs is 3. The third-order valence-electron chi connectivity index (χ3n) is 8.92. The first-order chi connectivity index (χ1) is 20.4. The number of ether oxygens (including phenoxy) is 1. The second-order valence-electron chi connectivity index (χ2n) is 11.4. The molecule has 1 N–H and O–H groups in total. The first-order valence-corrected chi connectivity index (χ1v) is 14.7. The van der Waals surface area contributed by atoms with Gasteiger partial charge in [0.2, 0.25) is 5.91 Å². The quantitative estimate of drug-likeness (QED) is 0.335. The van der Waals surface area contributed by atoms with Crippen molar-refractivity contribution in [1.82, 2.24) is 19.4 Å². The molecule has 1 aliphatic carbocycles. The van der Waals surface area contributed by atoms with E-state index < -0.39 is 5.56 Å². The SMILES string of the molecule is COc1c(C(=O)NC2CCN(C(=O)C3CCCC3)CC2)n(C)c2c1c(=O)n(CC(=O)c1ccccc1)c1ccccc21. The number of aryl methyl sites for hydroxylation is 1. The van der Waals surface area contributed by atoms with Crippen LogP contribution in [0.5, 0.6) is 5.75 Å². The van der Waals surface area contributed by atoms with E-state index in [-0.39, 0.29) is 52.9 Å². The molecule has 0 spiro atoms. The summed E-state index contributed by atoms with van der Waals surface area (Å²) in [4.78, 5) is 55.7. The lowest BCUT2D eigenvalue weighted by Crippen LogP contribution is -2.48. The molecule has 2 aromatic carbocycles. The zero-order valence-electron chi connectivity index (χ0n) is 24.1. The minimum Gasteiger partial charge on any atom is -0.493 e. The third-order valence-corrected chi connectivity index (χ3v) is 8.92. The second kappa shape index (κ2) is 11.5. The molecule has 2 aliphatic rings. The Kier molecular flexibility index (Phi) is 7.58. The predicted octanol–water partition coefficient (Wildman–Crippen LogP) is 4.30. The molecule has 1 saturated carbocycles. The minimum atomic E-state index is -0.391. The van der Waals surface area contributed by atoms with Crippen LogP contribution in [0.4, 0.5) is 0 Å². The molecule has 2 fully saturated rings. The van der Waals surface area contributed by atoms with E-state index in [1.807, 2.05) is 35.2 Å². The molecular weight excluding hydrogens is 532 g/mol. The fourth-order valence-electron chi connectivity index (χ4n) is 6.72. The lowest BCUT2D eigenvalue weighted by molar-refractivity contribution is -0.136. The van der Waals surface area contributed by atoms with Crippen molar-refractivity contribution in [2.45, 2.75) is 51.1 Å². The molecule has 0 bridgehead atoms. The number of aromatic nitrogens is 2. The molecule has 1 aliphatic heterocycles. The summed E-state index contributed by atoms with van der Waals surface area (Å²) in [5.41, 5.74) is 1.57. The van der Waals surface area contributed by atoms with Crippen molar-refractivity contribution in [3.63, 3.8) is 0 Å². The monoisotopic (exact) mass is 568 g/mol. The number of carbonyl (C=O) groups is 3. The Balaban J connectivity index is 1.32. The fraction of sp³-hybridized carbons (Fsp3) is 0.394. The highest BCUT2D eigenvalue weighted by atomic mass is 16.5. The summed E-state index contributed by atoms with van der Waals surface area (Å²) < 4.78 is 8.92. The zero-order chi connectivity index (χ0) is 29.4. The lowest BCUT2D eigenvalue weighted by atomic mass is 10.0. The van der Waals surface area contributed by atoms with Gasteiger partial charge in [0.05, 0.1) is 24.7 Å². The van der Waals surface area contributed by atoms with Gasteiger partial charge < -0.3 is 19.5 Å². The maximum atomic E-state index is 14.0. The van der Waals surface area contributed by atoms with Gasteiger partial charge >= 0.3 is 0 Å². The molecule has 4 aromatic rings. The second-order valence-corrected chi connectivity index (χ2v) is 11.4. The van der Waals surface area contributed by atoms with Crippen LogP contribution in [0.3, 0.4) is 0 Å². The van der Waals surface area contributed by atoms with Gasteiger partial charge in [0.15, 0.2) is 17.2 Å². The third kappa shape index (κ3) is 4.86. The van der Waals surface area contributed by atoms with Crippen LogP contribution in [0, 0.1) is 5.92 Å². The Morgan fingerprint density at radius 2 is 1.60 bits per heavy atom. The molecule has 0 unspecified atom stereocenters. The van der Waals surface area contributed by atoms with E-state index in [1.165, 1.54) is 11.7 Å². The van der Waals surface area contributed by atoms with Crippen LogP contribution in [0.2, 0.25) is 0 Å². The molecule has 9 nitrogen and oxygen atoms in total. The first-order valence-electron chi connectivity index (χ1n) is 14.7. The summed E-state index contributed by atoms with van der Waals surface area (Å²) in [5, 5.41) is 4.14. The van der Waals surface area contributed by atoms with Crippen molar-refractivity contribution in [2.75, 3.05) is 20.2 Å². The molecular formula is C33H36N4O5. The average molecular weight is 569 g/mol. The van der Waals surface area contributed by atoms with E-state index in [2.05, 4.69) is 5.32 Å². The Hall–Kier alpha value is -4.40. The van der Waals surface area contributed by atoms with Crippen LogP contribution in [-0.4, -0.2) is 57.9 Å². The Bertz CT molecular complexity index is 1720. The highest BCUT2D eigenvalue weighted by Gasteiger charge is 2.32. The number of hydrogen-bond donors (Lipinski definition) is 1. The van der Waals surface area contributed by atoms with Crippen molar-refractivity contribution in [3.8, 4) is 5.75 Å². The van der Waals surface area contributed by atoms with E-state index >= 15 is 0 Å². The molecule has 2 aromatic heterocycles. The number of nitrogens with one attached hydrogen (secondary N) is 1. The highest BCUT2D eigenvalue weighted by Crippen LogP contribution is 2.35. The van der Waals surface area contributed by atoms with Gasteiger partial charge in [-0.05, 0) is 31.7 Å². The molecule has 2 amide bonds. The molecule has 0 atom stereocenters. The number of para-hydroxylation sites is 1. The van der Waals surface area contributed by atoms with Crippen molar-refractivity contribution < 1.29 is 19.1 Å². The van der Waals surface area contributed by atoms with Crippen LogP contribution >= 0.6 is 0 Å². The van der Waals surface area contributed by atoms with Gasteiger partial charge in [-0.25, -0.2) is 0 Å². The molecule has 218 valence electrons. The molecule has 9 heteroatoms. The van der Waals surface area contributed by atoms with E-state index in [4.69, 9.17) is 4.74 Å². The van der Waals surface area contributed by atoms with Crippen LogP contribution in [0.15, 0.2) is 59.4 Å². The van der Waals surface area contributed by atoms with Crippen LogP contribution in [-0.2, 0) is 18.4 Å². The Morgan fingerprint density at radius 1 is 0.929 bits per heavy atom. The summed E-state index contributed by atoms with van der Waals surface area (Å²) in [5.74, 6) is 0.0736. The van der Waals surface area contributed by atoms with Crippen LogP contribution in [0.1, 0.15) is 59.4 Å². The topological polar surface area (TPSA) is 103 Å². The van der Waals surface area contributed by atoms with Gasteiger partial charge in [0.1, 0.15) is 5.39 Å². The Morgan fingerprint density at radius 3 is 2.29 bits per heavy atom.